The zero-order valence-corrected chi connectivity index (χ0v) is 11.4. The van der Waals surface area contributed by atoms with Crippen LogP contribution in [0.2, 0.25) is 0 Å². The molecule has 1 aromatic carbocycles. The molecule has 2 atom stereocenters. The second-order valence-corrected chi connectivity index (χ2v) is 5.82. The van der Waals surface area contributed by atoms with Crippen LogP contribution in [0.25, 0.3) is 0 Å². The highest BCUT2D eigenvalue weighted by molar-refractivity contribution is 5.81. The van der Waals surface area contributed by atoms with Gasteiger partial charge in [0.1, 0.15) is 0 Å². The number of carboxylic acids is 1. The van der Waals surface area contributed by atoms with Crippen molar-refractivity contribution in [3.8, 4) is 0 Å². The van der Waals surface area contributed by atoms with E-state index in [4.69, 9.17) is 5.11 Å². The fraction of sp³-hybridized carbons (Fsp3) is 0.500. The molecule has 0 spiro atoms. The van der Waals surface area contributed by atoms with Gasteiger partial charge in [-0.3, -0.25) is 9.59 Å². The lowest BCUT2D eigenvalue weighted by molar-refractivity contribution is -0.141. The van der Waals surface area contributed by atoms with Crippen molar-refractivity contribution < 1.29 is 14.7 Å². The lowest BCUT2D eigenvalue weighted by Gasteiger charge is -2.31. The average Bonchev–Trinajstić information content (AvgIpc) is 2.96. The quantitative estimate of drug-likeness (QED) is 0.897. The standard InChI is InChI=1S/C16H19NO3/c18-15(12-5-6-13(9-12)16(19)20)17-8-7-11-3-1-2-4-14(11)10-17/h1-4,12-13H,5-10H2,(H,19,20)/t12-,13+/m0/s1. The molecule has 1 N–H and O–H groups in total. The monoisotopic (exact) mass is 273 g/mol. The summed E-state index contributed by atoms with van der Waals surface area (Å²) in [6.07, 6.45) is 2.76. The van der Waals surface area contributed by atoms with Crippen LogP contribution >= 0.6 is 0 Å². The van der Waals surface area contributed by atoms with Gasteiger partial charge in [-0.2, -0.15) is 0 Å². The lowest BCUT2D eigenvalue weighted by atomic mass is 9.97. The van der Waals surface area contributed by atoms with Crippen LogP contribution in [-0.2, 0) is 22.6 Å². The van der Waals surface area contributed by atoms with E-state index in [1.807, 2.05) is 17.0 Å². The number of amides is 1. The minimum atomic E-state index is -0.760. The maximum absolute atomic E-state index is 12.5. The Morgan fingerprint density at radius 1 is 1.10 bits per heavy atom. The second-order valence-electron chi connectivity index (χ2n) is 5.82. The lowest BCUT2D eigenvalue weighted by Crippen LogP contribution is -2.39. The van der Waals surface area contributed by atoms with Gasteiger partial charge in [-0.1, -0.05) is 24.3 Å². The van der Waals surface area contributed by atoms with Gasteiger partial charge < -0.3 is 10.0 Å². The highest BCUT2D eigenvalue weighted by Gasteiger charge is 2.36. The molecule has 1 aromatic rings. The van der Waals surface area contributed by atoms with Crippen molar-refractivity contribution in [2.75, 3.05) is 6.54 Å². The minimum Gasteiger partial charge on any atom is -0.481 e. The molecule has 0 unspecified atom stereocenters. The number of carbonyl (C=O) groups excluding carboxylic acids is 1. The van der Waals surface area contributed by atoms with Crippen molar-refractivity contribution in [2.24, 2.45) is 11.8 Å². The molecule has 1 aliphatic carbocycles. The first kappa shape index (κ1) is 13.2. The van der Waals surface area contributed by atoms with Crippen molar-refractivity contribution >= 4 is 11.9 Å². The van der Waals surface area contributed by atoms with Crippen LogP contribution < -0.4 is 0 Å². The summed E-state index contributed by atoms with van der Waals surface area (Å²) >= 11 is 0. The van der Waals surface area contributed by atoms with Gasteiger partial charge in [-0.25, -0.2) is 0 Å². The van der Waals surface area contributed by atoms with E-state index in [0.29, 0.717) is 25.8 Å². The van der Waals surface area contributed by atoms with Crippen LogP contribution in [0.1, 0.15) is 30.4 Å². The summed E-state index contributed by atoms with van der Waals surface area (Å²) in [7, 11) is 0. The first-order valence-electron chi connectivity index (χ1n) is 7.23. The molecule has 0 bridgehead atoms. The summed E-state index contributed by atoms with van der Waals surface area (Å²) in [4.78, 5) is 25.4. The largest absolute Gasteiger partial charge is 0.481 e. The Morgan fingerprint density at radius 3 is 2.50 bits per heavy atom. The molecule has 106 valence electrons. The van der Waals surface area contributed by atoms with Crippen molar-refractivity contribution in [3.05, 3.63) is 35.4 Å². The van der Waals surface area contributed by atoms with Crippen LogP contribution in [0.5, 0.6) is 0 Å². The SMILES string of the molecule is O=C(O)[C@@H]1CC[C@H](C(=O)N2CCc3ccccc3C2)C1. The van der Waals surface area contributed by atoms with E-state index in [1.54, 1.807) is 0 Å². The van der Waals surface area contributed by atoms with Gasteiger partial charge >= 0.3 is 5.97 Å². The predicted octanol–water partition coefficient (Wildman–Crippen LogP) is 2.07. The third-order valence-electron chi connectivity index (χ3n) is 4.57. The molecular formula is C16H19NO3. The number of aliphatic carboxylic acids is 1. The predicted molar refractivity (Wildman–Crippen MR) is 74.0 cm³/mol. The normalized spacial score (nSPS) is 25.3. The van der Waals surface area contributed by atoms with Gasteiger partial charge in [0.2, 0.25) is 5.91 Å². The highest BCUT2D eigenvalue weighted by atomic mass is 16.4. The Balaban J connectivity index is 1.66. The summed E-state index contributed by atoms with van der Waals surface area (Å²) in [5, 5.41) is 9.03. The molecule has 2 aliphatic rings. The van der Waals surface area contributed by atoms with Gasteiger partial charge in [0.25, 0.3) is 0 Å². The Bertz CT molecular complexity index is 540. The van der Waals surface area contributed by atoms with E-state index < -0.39 is 5.97 Å². The Labute approximate surface area is 118 Å². The highest BCUT2D eigenvalue weighted by Crippen LogP contribution is 2.33. The van der Waals surface area contributed by atoms with Gasteiger partial charge in [-0.05, 0) is 36.8 Å². The van der Waals surface area contributed by atoms with Crippen molar-refractivity contribution in [1.29, 1.82) is 0 Å². The summed E-state index contributed by atoms with van der Waals surface area (Å²) in [5.74, 6) is -1.05. The fourth-order valence-electron chi connectivity index (χ4n) is 3.37. The van der Waals surface area contributed by atoms with Gasteiger partial charge in [-0.15, -0.1) is 0 Å². The molecule has 4 heteroatoms. The molecule has 1 saturated carbocycles. The molecule has 4 nitrogen and oxygen atoms in total. The Morgan fingerprint density at radius 2 is 1.80 bits per heavy atom. The first-order chi connectivity index (χ1) is 9.65. The Kier molecular flexibility index (Phi) is 3.47. The van der Waals surface area contributed by atoms with Gasteiger partial charge in [0.15, 0.2) is 0 Å². The molecule has 1 aliphatic heterocycles. The zero-order valence-electron chi connectivity index (χ0n) is 11.4. The number of carboxylic acid groups (broad SMARTS) is 1. The number of carbonyl (C=O) groups is 2. The maximum Gasteiger partial charge on any atom is 0.306 e. The van der Waals surface area contributed by atoms with E-state index in [9.17, 15) is 9.59 Å². The zero-order chi connectivity index (χ0) is 14.1. The van der Waals surface area contributed by atoms with E-state index in [1.165, 1.54) is 11.1 Å². The molecule has 0 radical (unpaired) electrons. The van der Waals surface area contributed by atoms with Gasteiger partial charge in [0.05, 0.1) is 5.92 Å². The van der Waals surface area contributed by atoms with Crippen molar-refractivity contribution in [2.45, 2.75) is 32.2 Å². The summed E-state index contributed by atoms with van der Waals surface area (Å²) < 4.78 is 0. The molecule has 1 fully saturated rings. The van der Waals surface area contributed by atoms with Crippen LogP contribution in [-0.4, -0.2) is 28.4 Å². The molecule has 20 heavy (non-hydrogen) atoms. The number of nitrogens with zero attached hydrogens (tertiary/aromatic N) is 1. The third-order valence-corrected chi connectivity index (χ3v) is 4.57. The fourth-order valence-corrected chi connectivity index (χ4v) is 3.37. The van der Waals surface area contributed by atoms with E-state index >= 15 is 0 Å². The number of fused-ring (bicyclic) bond motifs is 1. The molecule has 0 saturated heterocycles. The average molecular weight is 273 g/mol. The van der Waals surface area contributed by atoms with E-state index in [2.05, 4.69) is 12.1 Å². The number of hydrogen-bond donors (Lipinski definition) is 1. The van der Waals surface area contributed by atoms with E-state index in [-0.39, 0.29) is 17.7 Å². The molecular weight excluding hydrogens is 254 g/mol. The number of hydrogen-bond acceptors (Lipinski definition) is 2. The van der Waals surface area contributed by atoms with Crippen LogP contribution in [0, 0.1) is 11.8 Å². The van der Waals surface area contributed by atoms with Crippen LogP contribution in [0.15, 0.2) is 24.3 Å². The summed E-state index contributed by atoms with van der Waals surface area (Å²) in [6.45, 7) is 1.42. The molecule has 1 amide bonds. The topological polar surface area (TPSA) is 57.6 Å². The minimum absolute atomic E-state index is 0.0960. The van der Waals surface area contributed by atoms with Crippen molar-refractivity contribution in [1.82, 2.24) is 4.90 Å². The summed E-state index contributed by atoms with van der Waals surface area (Å²) in [5.41, 5.74) is 2.55. The summed E-state index contributed by atoms with van der Waals surface area (Å²) in [6, 6.07) is 8.23. The first-order valence-corrected chi connectivity index (χ1v) is 7.23. The van der Waals surface area contributed by atoms with Gasteiger partial charge in [0, 0.05) is 19.0 Å². The molecule has 3 rings (SSSR count). The number of benzene rings is 1. The van der Waals surface area contributed by atoms with E-state index in [0.717, 1.165) is 13.0 Å². The second kappa shape index (κ2) is 5.27. The number of rotatable bonds is 2. The van der Waals surface area contributed by atoms with Crippen LogP contribution in [0.3, 0.4) is 0 Å². The third kappa shape index (κ3) is 2.42. The van der Waals surface area contributed by atoms with Crippen molar-refractivity contribution in [3.63, 3.8) is 0 Å². The van der Waals surface area contributed by atoms with Crippen LogP contribution in [0.4, 0.5) is 0 Å². The Hall–Kier alpha value is -1.84. The maximum atomic E-state index is 12.5. The molecule has 0 aromatic heterocycles. The molecule has 1 heterocycles. The smallest absolute Gasteiger partial charge is 0.306 e.